The Hall–Kier alpha value is -1.73. The van der Waals surface area contributed by atoms with E-state index in [1.54, 1.807) is 17.1 Å². The summed E-state index contributed by atoms with van der Waals surface area (Å²) in [6.07, 6.45) is 6.96. The molecule has 3 unspecified atom stereocenters. The molecule has 1 heterocycles. The minimum atomic E-state index is -0.450. The van der Waals surface area contributed by atoms with Gasteiger partial charge in [-0.3, -0.25) is 5.01 Å². The van der Waals surface area contributed by atoms with Crippen molar-refractivity contribution in [2.45, 2.75) is 56.1 Å². The summed E-state index contributed by atoms with van der Waals surface area (Å²) < 4.78 is 13.1. The first-order valence-corrected chi connectivity index (χ1v) is 14.5. The predicted octanol–water partition coefficient (Wildman–Crippen LogP) is 7.00. The second-order valence-electron chi connectivity index (χ2n) is 10.3. The van der Waals surface area contributed by atoms with Crippen LogP contribution in [0, 0.1) is 17.2 Å². The van der Waals surface area contributed by atoms with Crippen molar-refractivity contribution in [2.75, 3.05) is 16.5 Å². The number of thioether (sulfide) groups is 2. The first-order valence-electron chi connectivity index (χ1n) is 12.6. The summed E-state index contributed by atoms with van der Waals surface area (Å²) in [7, 11) is 0. The molecule has 3 atom stereocenters. The van der Waals surface area contributed by atoms with E-state index in [2.05, 4.69) is 50.3 Å². The summed E-state index contributed by atoms with van der Waals surface area (Å²) in [5.41, 5.74) is 5.45. The molecule has 3 nitrogen and oxygen atoms in total. The second kappa shape index (κ2) is 9.97. The minimum Gasteiger partial charge on any atom is -0.390 e. The van der Waals surface area contributed by atoms with Gasteiger partial charge in [0.05, 0.1) is 17.5 Å². The number of nitrogens with two attached hydrogens (primary N) is 1. The zero-order valence-electron chi connectivity index (χ0n) is 20.5. The average Bonchev–Trinajstić information content (AvgIpc) is 2.88. The van der Waals surface area contributed by atoms with Gasteiger partial charge >= 0.3 is 0 Å². The monoisotopic (exact) mass is 510 g/mol. The fourth-order valence-electron chi connectivity index (χ4n) is 6.28. The summed E-state index contributed by atoms with van der Waals surface area (Å²) >= 11 is 3.86. The van der Waals surface area contributed by atoms with Crippen LogP contribution in [0.15, 0.2) is 77.5 Å². The fraction of sp³-hybridized carbons (Fsp3) is 0.448. The third kappa shape index (κ3) is 4.48. The maximum absolute atomic E-state index is 13.5. The van der Waals surface area contributed by atoms with Crippen molar-refractivity contribution in [3.05, 3.63) is 88.9 Å². The highest BCUT2D eigenvalue weighted by Crippen LogP contribution is 2.61. The van der Waals surface area contributed by atoms with Gasteiger partial charge in [-0.05, 0) is 103 Å². The lowest BCUT2D eigenvalue weighted by Crippen LogP contribution is -2.50. The number of halogens is 1. The van der Waals surface area contributed by atoms with Gasteiger partial charge in [0.15, 0.2) is 0 Å². The number of hydrogen-bond acceptors (Lipinski definition) is 5. The molecule has 6 heteroatoms. The van der Waals surface area contributed by atoms with E-state index in [9.17, 15) is 9.50 Å². The van der Waals surface area contributed by atoms with Crippen LogP contribution in [-0.2, 0) is 4.08 Å². The molecule has 0 radical (unpaired) electrons. The summed E-state index contributed by atoms with van der Waals surface area (Å²) in [6.45, 7) is 4.49. The van der Waals surface area contributed by atoms with Crippen molar-refractivity contribution < 1.29 is 9.50 Å². The van der Waals surface area contributed by atoms with Crippen molar-refractivity contribution in [3.8, 4) is 0 Å². The van der Waals surface area contributed by atoms with E-state index < -0.39 is 6.10 Å². The van der Waals surface area contributed by atoms with Gasteiger partial charge < -0.3 is 5.11 Å². The lowest BCUT2D eigenvalue weighted by molar-refractivity contribution is 0.0138. The van der Waals surface area contributed by atoms with Crippen LogP contribution in [0.1, 0.15) is 51.5 Å². The van der Waals surface area contributed by atoms with Crippen molar-refractivity contribution in [3.63, 3.8) is 0 Å². The number of allylic oxidation sites excluding steroid dienone is 3. The van der Waals surface area contributed by atoms with Crippen molar-refractivity contribution in [1.82, 2.24) is 0 Å². The van der Waals surface area contributed by atoms with E-state index in [0.717, 1.165) is 48.6 Å². The van der Waals surface area contributed by atoms with E-state index in [1.165, 1.54) is 35.3 Å². The molecular formula is C29H35FN2OS2. The topological polar surface area (TPSA) is 49.5 Å². The van der Waals surface area contributed by atoms with E-state index >= 15 is 0 Å². The summed E-state index contributed by atoms with van der Waals surface area (Å²) in [6, 6.07) is 17.0. The maximum Gasteiger partial charge on any atom is 0.123 e. The van der Waals surface area contributed by atoms with Crippen molar-refractivity contribution in [1.29, 1.82) is 0 Å². The third-order valence-corrected chi connectivity index (χ3v) is 11.6. The molecule has 0 aromatic heterocycles. The molecule has 0 amide bonds. The van der Waals surface area contributed by atoms with E-state index in [1.807, 2.05) is 23.5 Å². The van der Waals surface area contributed by atoms with Crippen LogP contribution < -0.4 is 10.9 Å². The summed E-state index contributed by atoms with van der Waals surface area (Å²) in [5, 5.41) is 13.9. The number of benzene rings is 2. The molecule has 5 rings (SSSR count). The zero-order valence-corrected chi connectivity index (χ0v) is 22.2. The Morgan fingerprint density at radius 3 is 2.43 bits per heavy atom. The van der Waals surface area contributed by atoms with Gasteiger partial charge in [-0.25, -0.2) is 10.2 Å². The number of hydrogen-bond donors (Lipinski definition) is 2. The Morgan fingerprint density at radius 2 is 1.74 bits per heavy atom. The Balaban J connectivity index is 1.48. The summed E-state index contributed by atoms with van der Waals surface area (Å²) in [5.74, 6) is 8.59. The van der Waals surface area contributed by atoms with Gasteiger partial charge in [0.1, 0.15) is 9.90 Å². The quantitative estimate of drug-likeness (QED) is 0.335. The van der Waals surface area contributed by atoms with E-state index in [0.29, 0.717) is 0 Å². The van der Waals surface area contributed by atoms with Gasteiger partial charge in [0.2, 0.25) is 0 Å². The number of rotatable bonds is 5. The van der Waals surface area contributed by atoms with E-state index in [-0.39, 0.29) is 21.2 Å². The smallest absolute Gasteiger partial charge is 0.123 e. The average molecular weight is 511 g/mol. The standard InChI is InChI=1S/C29H35FN2OS2/c1-20-19-28(2)22(18-26(20)32(31)24-14-12-23(30)13-15-24)10-6-11-25(28)27(33)29(34-16-7-17-35-29)21-8-4-3-5-9-21/h3-5,8-9,12-15,18,25,27,33H,6-7,10-11,16-17,19,31H2,1-2H3. The number of aliphatic hydroxyl groups excluding tert-OH is 1. The Morgan fingerprint density at radius 1 is 1.06 bits per heavy atom. The number of hydrazine groups is 1. The highest BCUT2D eigenvalue weighted by atomic mass is 32.2. The first-order chi connectivity index (χ1) is 16.8. The molecule has 1 aliphatic heterocycles. The molecule has 2 aromatic carbocycles. The van der Waals surface area contributed by atoms with Crippen molar-refractivity contribution in [2.24, 2.45) is 17.2 Å². The van der Waals surface area contributed by atoms with Crippen LogP contribution in [-0.4, -0.2) is 22.7 Å². The highest BCUT2D eigenvalue weighted by Gasteiger charge is 2.53. The Bertz CT molecular complexity index is 1110. The lowest BCUT2D eigenvalue weighted by Gasteiger charge is -2.53. The zero-order chi connectivity index (χ0) is 24.6. The van der Waals surface area contributed by atoms with Gasteiger partial charge in [-0.15, -0.1) is 23.5 Å². The van der Waals surface area contributed by atoms with Gasteiger partial charge in [-0.2, -0.15) is 0 Å². The van der Waals surface area contributed by atoms with Crippen LogP contribution in [0.5, 0.6) is 0 Å². The molecule has 2 aliphatic carbocycles. The molecule has 3 N–H and O–H groups in total. The van der Waals surface area contributed by atoms with Crippen LogP contribution in [0.2, 0.25) is 0 Å². The first kappa shape index (κ1) is 24.9. The van der Waals surface area contributed by atoms with Crippen LogP contribution in [0.25, 0.3) is 0 Å². The minimum absolute atomic E-state index is 0.116. The number of anilines is 1. The Kier molecular flexibility index (Phi) is 7.10. The molecule has 2 fully saturated rings. The molecule has 1 saturated carbocycles. The molecular weight excluding hydrogens is 475 g/mol. The largest absolute Gasteiger partial charge is 0.390 e. The molecule has 2 aromatic rings. The van der Waals surface area contributed by atoms with Crippen molar-refractivity contribution >= 4 is 29.2 Å². The molecule has 1 saturated heterocycles. The summed E-state index contributed by atoms with van der Waals surface area (Å²) in [4.78, 5) is 0. The third-order valence-electron chi connectivity index (χ3n) is 8.13. The SMILES string of the molecule is CC1=C(N(N)c2ccc(F)cc2)C=C2CCCC(C(O)C3(c4ccccc4)SCCCS3)C2(C)C1. The van der Waals surface area contributed by atoms with Gasteiger partial charge in [-0.1, -0.05) is 42.8 Å². The van der Waals surface area contributed by atoms with E-state index in [4.69, 9.17) is 5.84 Å². The number of aliphatic hydroxyl groups is 1. The van der Waals surface area contributed by atoms with Crippen LogP contribution in [0.3, 0.4) is 0 Å². The van der Waals surface area contributed by atoms with Gasteiger partial charge in [0, 0.05) is 0 Å². The molecule has 0 bridgehead atoms. The molecule has 35 heavy (non-hydrogen) atoms. The fourth-order valence-corrected chi connectivity index (χ4v) is 9.76. The number of fused-ring (bicyclic) bond motifs is 1. The highest BCUT2D eigenvalue weighted by molar-refractivity contribution is 8.18. The van der Waals surface area contributed by atoms with Crippen LogP contribution in [0.4, 0.5) is 10.1 Å². The molecule has 186 valence electrons. The molecule has 3 aliphatic rings. The second-order valence-corrected chi connectivity index (χ2v) is 13.2. The number of nitrogens with zero attached hydrogens (tertiary/aromatic N) is 1. The Labute approximate surface area is 217 Å². The van der Waals surface area contributed by atoms with Gasteiger partial charge in [0.25, 0.3) is 0 Å². The molecule has 0 spiro atoms. The normalized spacial score (nSPS) is 27.1. The predicted molar refractivity (Wildman–Crippen MR) is 148 cm³/mol. The van der Waals surface area contributed by atoms with Crippen LogP contribution >= 0.6 is 23.5 Å². The lowest BCUT2D eigenvalue weighted by atomic mass is 9.57. The maximum atomic E-state index is 13.5.